The fourth-order valence-corrected chi connectivity index (χ4v) is 3.01. The monoisotopic (exact) mass is 281 g/mol. The van der Waals surface area contributed by atoms with Crippen LogP contribution in [0.25, 0.3) is 0 Å². The van der Waals surface area contributed by atoms with Gasteiger partial charge in [0, 0.05) is 37.7 Å². The van der Waals surface area contributed by atoms with Gasteiger partial charge in [-0.25, -0.2) is 4.79 Å². The van der Waals surface area contributed by atoms with Crippen LogP contribution >= 0.6 is 11.8 Å². The fourth-order valence-electron chi connectivity index (χ4n) is 2.03. The molecule has 0 saturated carbocycles. The molecule has 1 aliphatic heterocycles. The number of nitrogens with one attached hydrogen (secondary N) is 1. The van der Waals surface area contributed by atoms with Gasteiger partial charge >= 0.3 is 5.97 Å². The van der Waals surface area contributed by atoms with Gasteiger partial charge in [0.2, 0.25) is 0 Å². The molecular formula is C13H19N3O2S. The first kappa shape index (κ1) is 14.0. The standard InChI is InChI=1S/C13H19N3O2S/c14-11-9-10(13(17)18)1-2-12(11)15-3-4-16-5-7-19-8-6-16/h1-2,9,15H,3-8,14H2,(H,17,18). The maximum atomic E-state index is 10.8. The lowest BCUT2D eigenvalue weighted by Gasteiger charge is -2.26. The first-order chi connectivity index (χ1) is 9.16. The maximum Gasteiger partial charge on any atom is 0.335 e. The predicted octanol–water partition coefficient (Wildman–Crippen LogP) is 1.43. The van der Waals surface area contributed by atoms with E-state index in [1.807, 2.05) is 11.8 Å². The Labute approximate surface area is 117 Å². The number of thioether (sulfide) groups is 1. The number of nitrogens with zero attached hydrogens (tertiary/aromatic N) is 1. The summed E-state index contributed by atoms with van der Waals surface area (Å²) in [6, 6.07) is 4.78. The number of carboxylic acid groups (broad SMARTS) is 1. The van der Waals surface area contributed by atoms with E-state index in [2.05, 4.69) is 10.2 Å². The second-order valence-electron chi connectivity index (χ2n) is 4.49. The largest absolute Gasteiger partial charge is 0.478 e. The molecule has 5 nitrogen and oxygen atoms in total. The highest BCUT2D eigenvalue weighted by Gasteiger charge is 2.10. The Hall–Kier alpha value is -1.40. The number of anilines is 2. The third-order valence-electron chi connectivity index (χ3n) is 3.15. The zero-order chi connectivity index (χ0) is 13.7. The van der Waals surface area contributed by atoms with Crippen molar-refractivity contribution in [3.8, 4) is 0 Å². The lowest BCUT2D eigenvalue weighted by Crippen LogP contribution is -2.36. The number of nitrogen functional groups attached to an aromatic ring is 1. The summed E-state index contributed by atoms with van der Waals surface area (Å²) in [6.45, 7) is 4.08. The van der Waals surface area contributed by atoms with Crippen molar-refractivity contribution in [1.82, 2.24) is 4.90 Å². The maximum absolute atomic E-state index is 10.8. The first-order valence-electron chi connectivity index (χ1n) is 6.33. The Kier molecular flexibility index (Phi) is 4.93. The zero-order valence-corrected chi connectivity index (χ0v) is 11.6. The molecule has 0 atom stereocenters. The van der Waals surface area contributed by atoms with E-state index in [9.17, 15) is 4.79 Å². The number of hydrogen-bond donors (Lipinski definition) is 3. The highest BCUT2D eigenvalue weighted by molar-refractivity contribution is 7.99. The normalized spacial score (nSPS) is 16.2. The van der Waals surface area contributed by atoms with Gasteiger partial charge in [0.1, 0.15) is 0 Å². The molecule has 0 bridgehead atoms. The summed E-state index contributed by atoms with van der Waals surface area (Å²) < 4.78 is 0. The Morgan fingerprint density at radius 3 is 2.79 bits per heavy atom. The summed E-state index contributed by atoms with van der Waals surface area (Å²) in [7, 11) is 0. The number of carboxylic acids is 1. The van der Waals surface area contributed by atoms with Gasteiger partial charge < -0.3 is 16.2 Å². The molecule has 2 rings (SSSR count). The predicted molar refractivity (Wildman–Crippen MR) is 80.1 cm³/mol. The average molecular weight is 281 g/mol. The molecule has 0 unspecified atom stereocenters. The van der Waals surface area contributed by atoms with Crippen molar-refractivity contribution in [1.29, 1.82) is 0 Å². The minimum atomic E-state index is -0.955. The van der Waals surface area contributed by atoms with Crippen molar-refractivity contribution < 1.29 is 9.90 Å². The van der Waals surface area contributed by atoms with E-state index in [4.69, 9.17) is 10.8 Å². The Bertz CT molecular complexity index is 448. The zero-order valence-electron chi connectivity index (χ0n) is 10.8. The molecular weight excluding hydrogens is 262 g/mol. The number of rotatable bonds is 5. The van der Waals surface area contributed by atoms with Crippen LogP contribution in [0.3, 0.4) is 0 Å². The lowest BCUT2D eigenvalue weighted by molar-refractivity contribution is 0.0697. The minimum absolute atomic E-state index is 0.219. The van der Waals surface area contributed by atoms with Crippen LogP contribution in [0.5, 0.6) is 0 Å². The quantitative estimate of drug-likeness (QED) is 0.709. The molecule has 0 radical (unpaired) electrons. The molecule has 1 aromatic carbocycles. The van der Waals surface area contributed by atoms with E-state index in [1.165, 1.54) is 17.6 Å². The number of carbonyl (C=O) groups is 1. The molecule has 1 fully saturated rings. The average Bonchev–Trinajstić information content (AvgIpc) is 2.41. The lowest BCUT2D eigenvalue weighted by atomic mass is 10.2. The molecule has 0 spiro atoms. The molecule has 19 heavy (non-hydrogen) atoms. The summed E-state index contributed by atoms with van der Waals surface area (Å²) >= 11 is 2.00. The van der Waals surface area contributed by atoms with Crippen molar-refractivity contribution >= 4 is 29.1 Å². The Morgan fingerprint density at radius 2 is 2.16 bits per heavy atom. The number of aromatic carboxylic acids is 1. The molecule has 0 aromatic heterocycles. The number of benzene rings is 1. The molecule has 1 saturated heterocycles. The Balaban J connectivity index is 1.83. The van der Waals surface area contributed by atoms with Crippen molar-refractivity contribution in [3.05, 3.63) is 23.8 Å². The van der Waals surface area contributed by atoms with Crippen LogP contribution in [0, 0.1) is 0 Å². The molecule has 1 aromatic rings. The van der Waals surface area contributed by atoms with E-state index in [1.54, 1.807) is 12.1 Å². The van der Waals surface area contributed by atoms with Crippen LogP contribution in [-0.4, -0.2) is 53.7 Å². The van der Waals surface area contributed by atoms with Crippen LogP contribution in [0.1, 0.15) is 10.4 Å². The molecule has 1 aliphatic rings. The van der Waals surface area contributed by atoms with Gasteiger partial charge in [-0.05, 0) is 18.2 Å². The van der Waals surface area contributed by atoms with Gasteiger partial charge in [-0.3, -0.25) is 4.90 Å². The third-order valence-corrected chi connectivity index (χ3v) is 4.09. The van der Waals surface area contributed by atoms with E-state index < -0.39 is 5.97 Å². The SMILES string of the molecule is Nc1cc(C(=O)O)ccc1NCCN1CCSCC1. The minimum Gasteiger partial charge on any atom is -0.478 e. The number of nitrogens with two attached hydrogens (primary N) is 1. The molecule has 0 aliphatic carbocycles. The van der Waals surface area contributed by atoms with E-state index in [0.717, 1.165) is 31.9 Å². The van der Waals surface area contributed by atoms with Crippen molar-refractivity contribution in [3.63, 3.8) is 0 Å². The molecule has 0 amide bonds. The van der Waals surface area contributed by atoms with Crippen LogP contribution in [0.15, 0.2) is 18.2 Å². The van der Waals surface area contributed by atoms with Gasteiger partial charge in [-0.15, -0.1) is 0 Å². The second-order valence-corrected chi connectivity index (χ2v) is 5.71. The summed E-state index contributed by atoms with van der Waals surface area (Å²) in [4.78, 5) is 13.2. The summed E-state index contributed by atoms with van der Waals surface area (Å²) in [5.41, 5.74) is 7.34. The van der Waals surface area contributed by atoms with Crippen LogP contribution < -0.4 is 11.1 Å². The summed E-state index contributed by atoms with van der Waals surface area (Å²) in [5.74, 6) is 1.45. The van der Waals surface area contributed by atoms with E-state index in [0.29, 0.717) is 5.69 Å². The second kappa shape index (κ2) is 6.68. The van der Waals surface area contributed by atoms with Gasteiger partial charge in [0.15, 0.2) is 0 Å². The topological polar surface area (TPSA) is 78.6 Å². The summed E-state index contributed by atoms with van der Waals surface area (Å²) in [5, 5.41) is 12.1. The van der Waals surface area contributed by atoms with Gasteiger partial charge in [-0.2, -0.15) is 11.8 Å². The van der Waals surface area contributed by atoms with E-state index in [-0.39, 0.29) is 5.56 Å². The molecule has 1 heterocycles. The van der Waals surface area contributed by atoms with Crippen molar-refractivity contribution in [2.75, 3.05) is 48.7 Å². The highest BCUT2D eigenvalue weighted by Crippen LogP contribution is 2.19. The van der Waals surface area contributed by atoms with E-state index >= 15 is 0 Å². The highest BCUT2D eigenvalue weighted by atomic mass is 32.2. The van der Waals surface area contributed by atoms with Gasteiger partial charge in [0.05, 0.1) is 16.9 Å². The van der Waals surface area contributed by atoms with Gasteiger partial charge in [-0.1, -0.05) is 0 Å². The van der Waals surface area contributed by atoms with Crippen LogP contribution in [0.2, 0.25) is 0 Å². The third kappa shape index (κ3) is 4.04. The van der Waals surface area contributed by atoms with Crippen LogP contribution in [-0.2, 0) is 0 Å². The number of hydrogen-bond acceptors (Lipinski definition) is 5. The first-order valence-corrected chi connectivity index (χ1v) is 7.49. The van der Waals surface area contributed by atoms with Gasteiger partial charge in [0.25, 0.3) is 0 Å². The molecule has 6 heteroatoms. The molecule has 4 N–H and O–H groups in total. The molecule has 104 valence electrons. The Morgan fingerprint density at radius 1 is 1.42 bits per heavy atom. The fraction of sp³-hybridized carbons (Fsp3) is 0.462. The smallest absolute Gasteiger partial charge is 0.335 e. The van der Waals surface area contributed by atoms with Crippen molar-refractivity contribution in [2.24, 2.45) is 0 Å². The van der Waals surface area contributed by atoms with Crippen LogP contribution in [0.4, 0.5) is 11.4 Å². The van der Waals surface area contributed by atoms with Crippen molar-refractivity contribution in [2.45, 2.75) is 0 Å². The summed E-state index contributed by atoms with van der Waals surface area (Å²) in [6.07, 6.45) is 0.